The van der Waals surface area contributed by atoms with E-state index in [1.54, 1.807) is 109 Å². The van der Waals surface area contributed by atoms with Gasteiger partial charge in [-0.1, -0.05) is 82.7 Å². The van der Waals surface area contributed by atoms with E-state index in [2.05, 4.69) is 26.6 Å². The van der Waals surface area contributed by atoms with Gasteiger partial charge in [-0.15, -0.1) is 11.8 Å². The highest BCUT2D eigenvalue weighted by Gasteiger charge is 2.27. The highest BCUT2D eigenvalue weighted by molar-refractivity contribution is 9.10. The Labute approximate surface area is 285 Å². The zero-order valence-electron chi connectivity index (χ0n) is 24.6. The summed E-state index contributed by atoms with van der Waals surface area (Å²) in [6.07, 6.45) is 1.52. The van der Waals surface area contributed by atoms with Gasteiger partial charge in [-0.05, 0) is 59.7 Å². The zero-order chi connectivity index (χ0) is 34.2. The predicted molar refractivity (Wildman–Crippen MR) is 181 cm³/mol. The molecule has 1 atom stereocenters. The van der Waals surface area contributed by atoms with Crippen molar-refractivity contribution in [3.63, 3.8) is 0 Å². The van der Waals surface area contributed by atoms with Gasteiger partial charge in [0.15, 0.2) is 23.3 Å². The first kappa shape index (κ1) is 34.1. The molecule has 0 aliphatic carbocycles. The Bertz CT molecular complexity index is 1970. The number of carbonyl (C=O) groups excluding carboxylic acids is 3. The molecule has 0 saturated heterocycles. The average Bonchev–Trinajstić information content (AvgIpc) is 3.09. The number of benzene rings is 5. The average molecular weight is 735 g/mol. The van der Waals surface area contributed by atoms with Gasteiger partial charge in [-0.3, -0.25) is 14.4 Å². The summed E-state index contributed by atoms with van der Waals surface area (Å²) in [6.45, 7) is 0. The summed E-state index contributed by atoms with van der Waals surface area (Å²) < 4.78 is 57.3. The number of thioether (sulfide) groups is 1. The summed E-state index contributed by atoms with van der Waals surface area (Å²) in [4.78, 5) is 40.3. The molecule has 0 spiro atoms. The van der Waals surface area contributed by atoms with Crippen molar-refractivity contribution >= 4 is 62.9 Å². The van der Waals surface area contributed by atoms with Gasteiger partial charge in [0.2, 0.25) is 5.91 Å². The fourth-order valence-corrected chi connectivity index (χ4v) is 5.77. The van der Waals surface area contributed by atoms with Gasteiger partial charge in [-0.25, -0.2) is 17.6 Å². The topological polar surface area (TPSA) is 87.3 Å². The molecule has 0 aliphatic heterocycles. The molecule has 0 bridgehead atoms. The van der Waals surface area contributed by atoms with E-state index in [0.29, 0.717) is 27.3 Å². The van der Waals surface area contributed by atoms with Crippen molar-refractivity contribution in [2.45, 2.75) is 10.1 Å². The van der Waals surface area contributed by atoms with E-state index in [1.807, 2.05) is 5.32 Å². The minimum Gasteiger partial charge on any atom is -0.321 e. The molecule has 0 aliphatic rings. The minimum atomic E-state index is -1.74. The van der Waals surface area contributed by atoms with Gasteiger partial charge in [-0.2, -0.15) is 0 Å². The Hall–Kier alpha value is -5.20. The number of carbonyl (C=O) groups is 3. The summed E-state index contributed by atoms with van der Waals surface area (Å²) in [5.74, 6) is -8.89. The highest BCUT2D eigenvalue weighted by Crippen LogP contribution is 2.38. The third-order valence-electron chi connectivity index (χ3n) is 6.76. The molecule has 5 rings (SSSR count). The molecule has 5 aromatic rings. The molecule has 3 N–H and O–H groups in total. The zero-order valence-corrected chi connectivity index (χ0v) is 27.0. The quantitative estimate of drug-likeness (QED) is 0.0579. The minimum absolute atomic E-state index is 0.0443. The molecule has 242 valence electrons. The standard InChI is InChI=1S/C36H24BrF4N3O3S/c37-24-16-14-21(15-17-24)18-29(43-34(45)23-10-5-2-6-11-23)35(46)42-25-12-7-13-26(19-25)48-33(22-8-3-1-4-9-22)36(47)44-32-30(40)27(38)20-28(39)31(32)41/h1-20,33H,(H,42,46)(H,43,45)(H,44,47)/b29-18+. The van der Waals surface area contributed by atoms with Crippen molar-refractivity contribution in [3.05, 3.63) is 165 Å². The fourth-order valence-electron chi connectivity index (χ4n) is 4.42. The number of rotatable bonds is 10. The third-order valence-corrected chi connectivity index (χ3v) is 8.53. The van der Waals surface area contributed by atoms with Gasteiger partial charge in [0.1, 0.15) is 16.6 Å². The van der Waals surface area contributed by atoms with Crippen LogP contribution in [0.15, 0.2) is 130 Å². The molecule has 12 heteroatoms. The molecular formula is C36H24BrF4N3O3S. The summed E-state index contributed by atoms with van der Waals surface area (Å²) in [5, 5.41) is 6.27. The fraction of sp³-hybridized carbons (Fsp3) is 0.0278. The lowest BCUT2D eigenvalue weighted by Gasteiger charge is -2.18. The number of halogens is 5. The molecule has 0 saturated carbocycles. The van der Waals surface area contributed by atoms with Crippen LogP contribution in [0.2, 0.25) is 0 Å². The van der Waals surface area contributed by atoms with Crippen LogP contribution in [-0.2, 0) is 9.59 Å². The van der Waals surface area contributed by atoms with Crippen molar-refractivity contribution in [1.29, 1.82) is 0 Å². The van der Waals surface area contributed by atoms with E-state index in [9.17, 15) is 31.9 Å². The maximum Gasteiger partial charge on any atom is 0.272 e. The van der Waals surface area contributed by atoms with E-state index in [-0.39, 0.29) is 11.8 Å². The lowest BCUT2D eigenvalue weighted by Crippen LogP contribution is -2.30. The van der Waals surface area contributed by atoms with Crippen LogP contribution in [0.5, 0.6) is 0 Å². The number of hydrogen-bond donors (Lipinski definition) is 3. The largest absolute Gasteiger partial charge is 0.321 e. The second-order valence-corrected chi connectivity index (χ2v) is 12.2. The van der Waals surface area contributed by atoms with Crippen LogP contribution in [0.4, 0.5) is 28.9 Å². The lowest BCUT2D eigenvalue weighted by molar-refractivity contribution is -0.116. The number of nitrogens with one attached hydrogen (secondary N) is 3. The number of anilines is 2. The molecule has 5 aromatic carbocycles. The first-order chi connectivity index (χ1) is 23.1. The van der Waals surface area contributed by atoms with Gasteiger partial charge in [0.25, 0.3) is 11.8 Å². The van der Waals surface area contributed by atoms with Gasteiger partial charge >= 0.3 is 0 Å². The second-order valence-electron chi connectivity index (χ2n) is 10.2. The smallest absolute Gasteiger partial charge is 0.272 e. The maximum atomic E-state index is 14.4. The highest BCUT2D eigenvalue weighted by atomic mass is 79.9. The Balaban J connectivity index is 1.40. The normalized spacial score (nSPS) is 11.8. The summed E-state index contributed by atoms with van der Waals surface area (Å²) >= 11 is 4.34. The van der Waals surface area contributed by atoms with Crippen molar-refractivity contribution in [2.75, 3.05) is 10.6 Å². The third kappa shape index (κ3) is 8.58. The van der Waals surface area contributed by atoms with E-state index in [1.165, 1.54) is 6.08 Å². The first-order valence-corrected chi connectivity index (χ1v) is 15.9. The molecular weight excluding hydrogens is 710 g/mol. The van der Waals surface area contributed by atoms with Crippen LogP contribution in [0.1, 0.15) is 26.7 Å². The molecule has 6 nitrogen and oxygen atoms in total. The van der Waals surface area contributed by atoms with E-state index < -0.39 is 51.9 Å². The predicted octanol–water partition coefficient (Wildman–Crippen LogP) is 8.89. The molecule has 0 heterocycles. The van der Waals surface area contributed by atoms with Crippen molar-refractivity contribution in [3.8, 4) is 0 Å². The first-order valence-electron chi connectivity index (χ1n) is 14.2. The van der Waals surface area contributed by atoms with E-state index in [4.69, 9.17) is 0 Å². The SMILES string of the molecule is O=C(Nc1cccc(SC(C(=O)Nc2c(F)c(F)cc(F)c2F)c2ccccc2)c1)/C(=C\c1ccc(Br)cc1)NC(=O)c1ccccc1. The van der Waals surface area contributed by atoms with Gasteiger partial charge in [0.05, 0.1) is 0 Å². The Kier molecular flexibility index (Phi) is 11.1. The molecule has 0 aromatic heterocycles. The monoisotopic (exact) mass is 733 g/mol. The van der Waals surface area contributed by atoms with Crippen molar-refractivity contribution in [1.82, 2.24) is 5.32 Å². The molecule has 1 unspecified atom stereocenters. The van der Waals surface area contributed by atoms with Crippen molar-refractivity contribution < 1.29 is 31.9 Å². The summed E-state index contributed by atoms with van der Waals surface area (Å²) in [6, 6.07) is 30.1. The number of amides is 3. The van der Waals surface area contributed by atoms with Crippen LogP contribution >= 0.6 is 27.7 Å². The molecule has 0 fully saturated rings. The Morgan fingerprint density at radius 2 is 1.33 bits per heavy atom. The second kappa shape index (κ2) is 15.6. The lowest BCUT2D eigenvalue weighted by atomic mass is 10.1. The molecule has 48 heavy (non-hydrogen) atoms. The van der Waals surface area contributed by atoms with Gasteiger partial charge in [0, 0.05) is 26.7 Å². The Morgan fingerprint density at radius 3 is 1.98 bits per heavy atom. The van der Waals surface area contributed by atoms with Gasteiger partial charge < -0.3 is 16.0 Å². The molecule has 0 radical (unpaired) electrons. The van der Waals surface area contributed by atoms with Crippen LogP contribution in [0, 0.1) is 23.3 Å². The summed E-state index contributed by atoms with van der Waals surface area (Å²) in [7, 11) is 0. The Morgan fingerprint density at radius 1 is 0.708 bits per heavy atom. The number of hydrogen-bond acceptors (Lipinski definition) is 4. The summed E-state index contributed by atoms with van der Waals surface area (Å²) in [5.41, 5.74) is 0.424. The van der Waals surface area contributed by atoms with Crippen molar-refractivity contribution in [2.24, 2.45) is 0 Å². The van der Waals surface area contributed by atoms with Crippen LogP contribution in [0.25, 0.3) is 6.08 Å². The molecule has 3 amide bonds. The van der Waals surface area contributed by atoms with Crippen LogP contribution in [0.3, 0.4) is 0 Å². The van der Waals surface area contributed by atoms with Crippen LogP contribution in [-0.4, -0.2) is 17.7 Å². The van der Waals surface area contributed by atoms with E-state index in [0.717, 1.165) is 16.2 Å². The van der Waals surface area contributed by atoms with E-state index >= 15 is 0 Å². The maximum absolute atomic E-state index is 14.4. The van der Waals surface area contributed by atoms with Crippen LogP contribution < -0.4 is 16.0 Å².